The third-order valence-electron chi connectivity index (χ3n) is 10.6. The number of aryl methyl sites for hydroxylation is 1. The van der Waals surface area contributed by atoms with E-state index in [2.05, 4.69) is 145 Å². The van der Waals surface area contributed by atoms with Crippen LogP contribution in [0.3, 0.4) is 0 Å². The molecule has 0 fully saturated rings. The highest BCUT2D eigenvalue weighted by Crippen LogP contribution is 2.63. The minimum Gasteiger partial charge on any atom is -0.438 e. The Morgan fingerprint density at radius 2 is 1.04 bits per heavy atom. The van der Waals surface area contributed by atoms with Crippen molar-refractivity contribution in [2.24, 2.45) is 0 Å². The zero-order chi connectivity index (χ0) is 33.9. The van der Waals surface area contributed by atoms with E-state index in [1.807, 2.05) is 36.4 Å². The van der Waals surface area contributed by atoms with Crippen LogP contribution < -0.4 is 0 Å². The van der Waals surface area contributed by atoms with Crippen molar-refractivity contribution in [2.45, 2.75) is 12.3 Å². The lowest BCUT2D eigenvalue weighted by atomic mass is 9.70. The van der Waals surface area contributed by atoms with E-state index < -0.39 is 0 Å². The smallest absolute Gasteiger partial charge is 0.230 e. The van der Waals surface area contributed by atoms with Gasteiger partial charge < -0.3 is 4.42 Å². The van der Waals surface area contributed by atoms with Crippen LogP contribution in [-0.2, 0) is 5.41 Å². The molecule has 0 unspecified atom stereocenters. The van der Waals surface area contributed by atoms with Crippen molar-refractivity contribution in [3.8, 4) is 44.6 Å². The molecule has 1 spiro atoms. The lowest BCUT2D eigenvalue weighted by Crippen LogP contribution is -2.25. The van der Waals surface area contributed by atoms with Gasteiger partial charge in [0.25, 0.3) is 0 Å². The van der Waals surface area contributed by atoms with Gasteiger partial charge in [0.15, 0.2) is 0 Å². The van der Waals surface area contributed by atoms with E-state index in [0.29, 0.717) is 5.71 Å². The predicted molar refractivity (Wildman–Crippen MR) is 208 cm³/mol. The first-order chi connectivity index (χ1) is 25.2. The molecule has 0 atom stereocenters. The Morgan fingerprint density at radius 1 is 0.471 bits per heavy atom. The molecule has 0 saturated carbocycles. The average Bonchev–Trinajstić information content (AvgIpc) is 3.83. The van der Waals surface area contributed by atoms with Gasteiger partial charge in [-0.1, -0.05) is 163 Å². The number of fused-ring (bicyclic) bond motifs is 13. The van der Waals surface area contributed by atoms with Crippen LogP contribution in [0.2, 0.25) is 0 Å². The van der Waals surface area contributed by atoms with Crippen LogP contribution in [0.1, 0.15) is 27.8 Å². The van der Waals surface area contributed by atoms with Crippen LogP contribution in [0.25, 0.3) is 66.7 Å². The summed E-state index contributed by atoms with van der Waals surface area (Å²) in [6.45, 7) is 2.08. The van der Waals surface area contributed by atoms with E-state index in [-0.39, 0.29) is 5.41 Å². The van der Waals surface area contributed by atoms with Crippen LogP contribution in [-0.4, -0.2) is 9.97 Å². The first-order valence-electron chi connectivity index (χ1n) is 17.4. The zero-order valence-electron chi connectivity index (χ0n) is 28.0. The maximum Gasteiger partial charge on any atom is 0.230 e. The fraction of sp³-hybridized carbons (Fsp3) is 0.0417. The quantitative estimate of drug-likeness (QED) is 0.187. The lowest BCUT2D eigenvalue weighted by molar-refractivity contribution is 0.653. The van der Waals surface area contributed by atoms with Crippen LogP contribution in [0.4, 0.5) is 0 Å². The first kappa shape index (κ1) is 29.3. The first-order valence-corrected chi connectivity index (χ1v) is 17.4. The van der Waals surface area contributed by atoms with Crippen molar-refractivity contribution >= 4 is 22.1 Å². The molecule has 7 aromatic carbocycles. The molecule has 11 rings (SSSR count). The predicted octanol–water partition coefficient (Wildman–Crippen LogP) is 12.0. The van der Waals surface area contributed by atoms with Crippen molar-refractivity contribution in [3.05, 3.63) is 204 Å². The molecule has 0 bridgehead atoms. The van der Waals surface area contributed by atoms with Crippen molar-refractivity contribution in [1.82, 2.24) is 9.97 Å². The molecule has 2 aliphatic rings. The molecule has 0 aliphatic heterocycles. The summed E-state index contributed by atoms with van der Waals surface area (Å²) in [4.78, 5) is 9.22. The fourth-order valence-corrected chi connectivity index (χ4v) is 8.51. The SMILES string of the molecule is Cc1ccccc1.c1ccc(-c2ncnc3oc4ccc(-c5cccc6c5-c5ccccc5C65c6ccccc6-c6ccccc65)cc4c23)cc1. The largest absolute Gasteiger partial charge is 0.438 e. The Labute approximate surface area is 296 Å². The Morgan fingerprint density at radius 3 is 1.71 bits per heavy atom. The maximum absolute atomic E-state index is 6.26. The molecule has 2 aromatic heterocycles. The number of furan rings is 1. The summed E-state index contributed by atoms with van der Waals surface area (Å²) in [5.41, 5.74) is 17.2. The third-order valence-corrected chi connectivity index (χ3v) is 10.6. The number of hydrogen-bond donors (Lipinski definition) is 0. The van der Waals surface area contributed by atoms with Crippen molar-refractivity contribution in [1.29, 1.82) is 0 Å². The molecule has 0 amide bonds. The van der Waals surface area contributed by atoms with Crippen LogP contribution in [0.15, 0.2) is 181 Å². The molecule has 9 aromatic rings. The highest BCUT2D eigenvalue weighted by molar-refractivity contribution is 6.12. The van der Waals surface area contributed by atoms with Gasteiger partial charge in [0.2, 0.25) is 5.71 Å². The van der Waals surface area contributed by atoms with Gasteiger partial charge in [-0.05, 0) is 74.7 Å². The summed E-state index contributed by atoms with van der Waals surface area (Å²) in [6.07, 6.45) is 1.59. The molecule has 0 radical (unpaired) electrons. The van der Waals surface area contributed by atoms with Gasteiger partial charge in [-0.3, -0.25) is 0 Å². The highest BCUT2D eigenvalue weighted by Gasteiger charge is 2.51. The molecular formula is C48H32N2O. The summed E-state index contributed by atoms with van der Waals surface area (Å²) in [5, 5.41) is 1.96. The third kappa shape index (κ3) is 4.31. The number of nitrogens with zero attached hydrogens (tertiary/aromatic N) is 2. The summed E-state index contributed by atoms with van der Waals surface area (Å²) in [7, 11) is 0. The van der Waals surface area contributed by atoms with Crippen molar-refractivity contribution in [2.75, 3.05) is 0 Å². The summed E-state index contributed by atoms with van der Waals surface area (Å²) in [5.74, 6) is 0. The number of hydrogen-bond acceptors (Lipinski definition) is 3. The van der Waals surface area contributed by atoms with Gasteiger partial charge in [0.05, 0.1) is 16.5 Å². The van der Waals surface area contributed by atoms with Gasteiger partial charge in [0.1, 0.15) is 11.9 Å². The van der Waals surface area contributed by atoms with Crippen molar-refractivity contribution in [3.63, 3.8) is 0 Å². The van der Waals surface area contributed by atoms with Crippen LogP contribution in [0.5, 0.6) is 0 Å². The average molecular weight is 653 g/mol. The summed E-state index contributed by atoms with van der Waals surface area (Å²) >= 11 is 0. The molecule has 0 saturated heterocycles. The summed E-state index contributed by atoms with van der Waals surface area (Å²) in [6, 6.07) is 60.7. The molecule has 240 valence electrons. The van der Waals surface area contributed by atoms with Gasteiger partial charge in [0, 0.05) is 10.9 Å². The van der Waals surface area contributed by atoms with Crippen LogP contribution >= 0.6 is 0 Å². The van der Waals surface area contributed by atoms with E-state index in [9.17, 15) is 0 Å². The van der Waals surface area contributed by atoms with E-state index in [1.165, 1.54) is 55.6 Å². The Kier molecular flexibility index (Phi) is 6.62. The Hall–Kier alpha value is -6.58. The minimum absolute atomic E-state index is 0.365. The van der Waals surface area contributed by atoms with E-state index in [0.717, 1.165) is 33.2 Å². The monoisotopic (exact) mass is 652 g/mol. The summed E-state index contributed by atoms with van der Waals surface area (Å²) < 4.78 is 6.26. The van der Waals surface area contributed by atoms with Crippen LogP contribution in [0, 0.1) is 6.92 Å². The molecule has 0 N–H and O–H groups in total. The second kappa shape index (κ2) is 11.5. The highest BCUT2D eigenvalue weighted by atomic mass is 16.3. The molecular weight excluding hydrogens is 621 g/mol. The Bertz CT molecular complexity index is 2720. The second-order valence-electron chi connectivity index (χ2n) is 13.4. The Balaban J connectivity index is 0.000000422. The van der Waals surface area contributed by atoms with E-state index in [4.69, 9.17) is 9.40 Å². The van der Waals surface area contributed by atoms with Gasteiger partial charge in [-0.2, -0.15) is 0 Å². The molecule has 2 aliphatic carbocycles. The molecule has 3 nitrogen and oxygen atoms in total. The van der Waals surface area contributed by atoms with Gasteiger partial charge >= 0.3 is 0 Å². The standard InChI is InChI=1S/C41H24N2O.C7H8/c1-2-11-25(12-3-1)39-38-31-23-26(21-22-36(31)44-40(38)43-24-42-39)27-16-10-20-35-37(27)30-15-6-9-19-34(30)41(35)32-17-7-4-13-28(32)29-14-5-8-18-33(29)41;1-7-5-3-2-4-6-7/h1-24H;2-6H,1H3. The van der Waals surface area contributed by atoms with Gasteiger partial charge in [-0.25, -0.2) is 9.97 Å². The second-order valence-corrected chi connectivity index (χ2v) is 13.4. The zero-order valence-corrected chi connectivity index (χ0v) is 28.0. The topological polar surface area (TPSA) is 38.9 Å². The number of benzene rings is 7. The number of rotatable bonds is 2. The minimum atomic E-state index is -0.365. The van der Waals surface area contributed by atoms with E-state index in [1.54, 1.807) is 6.33 Å². The molecule has 2 heterocycles. The molecule has 51 heavy (non-hydrogen) atoms. The van der Waals surface area contributed by atoms with Crippen molar-refractivity contribution < 1.29 is 4.42 Å². The maximum atomic E-state index is 6.26. The van der Waals surface area contributed by atoms with E-state index >= 15 is 0 Å². The molecule has 3 heteroatoms. The lowest BCUT2D eigenvalue weighted by Gasteiger charge is -2.30. The normalized spacial score (nSPS) is 13.0. The van der Waals surface area contributed by atoms with Gasteiger partial charge in [-0.15, -0.1) is 0 Å². The fourth-order valence-electron chi connectivity index (χ4n) is 8.51. The number of aromatic nitrogens is 2.